The molecular formula is C17H21ClN4O2. The van der Waals surface area contributed by atoms with Crippen molar-refractivity contribution in [1.82, 2.24) is 20.1 Å². The molecule has 0 bridgehead atoms. The van der Waals surface area contributed by atoms with E-state index in [2.05, 4.69) is 15.5 Å². The first kappa shape index (κ1) is 16.8. The van der Waals surface area contributed by atoms with Gasteiger partial charge in [-0.15, -0.1) is 10.2 Å². The lowest BCUT2D eigenvalue weighted by atomic mass is 10.2. The maximum Gasteiger partial charge on any atom is 0.260 e. The highest BCUT2D eigenvalue weighted by Gasteiger charge is 2.28. The second-order valence-corrected chi connectivity index (χ2v) is 6.55. The van der Waals surface area contributed by atoms with Gasteiger partial charge in [0.25, 0.3) is 5.91 Å². The molecule has 1 N–H and O–H groups in total. The summed E-state index contributed by atoms with van der Waals surface area (Å²) in [6.07, 6.45) is 3.44. The lowest BCUT2D eigenvalue weighted by Crippen LogP contribution is -2.38. The molecule has 1 aliphatic rings. The molecule has 128 valence electrons. The molecule has 7 heteroatoms. The fraction of sp³-hybridized carbons (Fsp3) is 0.471. The van der Waals surface area contributed by atoms with Crippen LogP contribution in [0.4, 0.5) is 0 Å². The number of aryl methyl sites for hydroxylation is 1. The monoisotopic (exact) mass is 348 g/mol. The summed E-state index contributed by atoms with van der Waals surface area (Å²) in [7, 11) is 0. The Kier molecular flexibility index (Phi) is 5.04. The minimum atomic E-state index is -0.617. The molecule has 3 rings (SSSR count). The maximum atomic E-state index is 12.2. The second-order valence-electron chi connectivity index (χ2n) is 6.14. The smallest absolute Gasteiger partial charge is 0.260 e. The van der Waals surface area contributed by atoms with Gasteiger partial charge >= 0.3 is 0 Å². The maximum absolute atomic E-state index is 12.2. The Morgan fingerprint density at radius 1 is 1.50 bits per heavy atom. The second kappa shape index (κ2) is 7.21. The zero-order valence-electron chi connectivity index (χ0n) is 13.8. The van der Waals surface area contributed by atoms with Crippen molar-refractivity contribution in [2.24, 2.45) is 0 Å². The van der Waals surface area contributed by atoms with Crippen molar-refractivity contribution in [3.8, 4) is 5.75 Å². The van der Waals surface area contributed by atoms with Gasteiger partial charge in [-0.1, -0.05) is 17.7 Å². The molecule has 1 saturated carbocycles. The molecule has 24 heavy (non-hydrogen) atoms. The number of halogens is 1. The number of nitrogens with one attached hydrogen (secondary N) is 1. The highest BCUT2D eigenvalue weighted by Crippen LogP contribution is 2.38. The molecule has 1 heterocycles. The molecule has 1 aromatic carbocycles. The summed E-state index contributed by atoms with van der Waals surface area (Å²) in [4.78, 5) is 12.2. The number of carbonyl (C=O) groups excluding carboxylic acids is 1. The molecule has 0 radical (unpaired) electrons. The van der Waals surface area contributed by atoms with Crippen LogP contribution in [0.2, 0.25) is 5.02 Å². The predicted octanol–water partition coefficient (Wildman–Crippen LogP) is 2.70. The summed E-state index contributed by atoms with van der Waals surface area (Å²) < 4.78 is 7.67. The van der Waals surface area contributed by atoms with E-state index in [9.17, 15) is 4.79 Å². The Morgan fingerprint density at radius 2 is 2.29 bits per heavy atom. The Hall–Kier alpha value is -2.08. The van der Waals surface area contributed by atoms with E-state index in [1.165, 1.54) is 12.8 Å². The number of carbonyl (C=O) groups is 1. The van der Waals surface area contributed by atoms with Gasteiger partial charge in [-0.05, 0) is 44.4 Å². The van der Waals surface area contributed by atoms with Crippen molar-refractivity contribution in [3.63, 3.8) is 0 Å². The fourth-order valence-corrected chi connectivity index (χ4v) is 2.64. The van der Waals surface area contributed by atoms with E-state index in [-0.39, 0.29) is 5.91 Å². The molecule has 0 saturated heterocycles. The van der Waals surface area contributed by atoms with Crippen molar-refractivity contribution in [3.05, 3.63) is 40.9 Å². The summed E-state index contributed by atoms with van der Waals surface area (Å²) in [5.41, 5.74) is 1.03. The molecule has 6 nitrogen and oxygen atoms in total. The average Bonchev–Trinajstić information content (AvgIpc) is 3.30. The third kappa shape index (κ3) is 4.06. The molecule has 0 unspecified atom stereocenters. The van der Waals surface area contributed by atoms with Gasteiger partial charge in [-0.3, -0.25) is 4.79 Å². The van der Waals surface area contributed by atoms with Crippen molar-refractivity contribution >= 4 is 17.5 Å². The van der Waals surface area contributed by atoms with Crippen LogP contribution in [0.3, 0.4) is 0 Å². The standard InChI is InChI=1S/C17H21ClN4O2/c1-11-3-6-14(18)15(9-11)24-12(2)17(23)19-7-8-22-10-20-21-16(22)13-4-5-13/h3,6,9-10,12-13H,4-5,7-8H2,1-2H3,(H,19,23)/t12-/m1/s1. The first-order valence-electron chi connectivity index (χ1n) is 8.13. The van der Waals surface area contributed by atoms with Crippen LogP contribution in [0.15, 0.2) is 24.5 Å². The fourth-order valence-electron chi connectivity index (χ4n) is 2.48. The molecule has 0 aliphatic heterocycles. The number of aromatic nitrogens is 3. The van der Waals surface area contributed by atoms with Gasteiger partial charge in [0.15, 0.2) is 6.10 Å². The van der Waals surface area contributed by atoms with E-state index in [1.54, 1.807) is 19.3 Å². The van der Waals surface area contributed by atoms with Crippen LogP contribution >= 0.6 is 11.6 Å². The molecule has 1 aliphatic carbocycles. The van der Waals surface area contributed by atoms with Crippen molar-refractivity contribution in [2.75, 3.05) is 6.54 Å². The van der Waals surface area contributed by atoms with Crippen LogP contribution in [0.25, 0.3) is 0 Å². The number of ether oxygens (including phenoxy) is 1. The van der Waals surface area contributed by atoms with Crippen molar-refractivity contribution in [2.45, 2.75) is 45.3 Å². The predicted molar refractivity (Wildman–Crippen MR) is 91.3 cm³/mol. The zero-order valence-corrected chi connectivity index (χ0v) is 14.6. The Morgan fingerprint density at radius 3 is 3.04 bits per heavy atom. The molecular weight excluding hydrogens is 328 g/mol. The average molecular weight is 349 g/mol. The zero-order chi connectivity index (χ0) is 17.1. The van der Waals surface area contributed by atoms with Crippen LogP contribution in [-0.4, -0.2) is 33.3 Å². The van der Waals surface area contributed by atoms with Gasteiger partial charge < -0.3 is 14.6 Å². The van der Waals surface area contributed by atoms with E-state index in [0.717, 1.165) is 11.4 Å². The molecule has 1 amide bonds. The molecule has 1 fully saturated rings. The van der Waals surface area contributed by atoms with E-state index >= 15 is 0 Å². The third-order valence-corrected chi connectivity index (χ3v) is 4.31. The van der Waals surface area contributed by atoms with Crippen LogP contribution in [0.5, 0.6) is 5.75 Å². The lowest BCUT2D eigenvalue weighted by molar-refractivity contribution is -0.127. The highest BCUT2D eigenvalue weighted by molar-refractivity contribution is 6.32. The van der Waals surface area contributed by atoms with E-state index in [1.807, 2.05) is 23.6 Å². The Bertz CT molecular complexity index is 727. The topological polar surface area (TPSA) is 69.0 Å². The summed E-state index contributed by atoms with van der Waals surface area (Å²) in [6.45, 7) is 4.82. The molecule has 1 aromatic heterocycles. The van der Waals surface area contributed by atoms with E-state index in [0.29, 0.717) is 29.8 Å². The third-order valence-electron chi connectivity index (χ3n) is 4.00. The van der Waals surface area contributed by atoms with Crippen molar-refractivity contribution < 1.29 is 9.53 Å². The minimum Gasteiger partial charge on any atom is -0.479 e. The number of nitrogens with zero attached hydrogens (tertiary/aromatic N) is 3. The first-order valence-corrected chi connectivity index (χ1v) is 8.50. The van der Waals surface area contributed by atoms with Gasteiger partial charge in [0.1, 0.15) is 17.9 Å². The number of hydrogen-bond acceptors (Lipinski definition) is 4. The minimum absolute atomic E-state index is 0.173. The van der Waals surface area contributed by atoms with Gasteiger partial charge in [0.05, 0.1) is 5.02 Å². The number of hydrogen-bond donors (Lipinski definition) is 1. The highest BCUT2D eigenvalue weighted by atomic mass is 35.5. The summed E-state index contributed by atoms with van der Waals surface area (Å²) in [6, 6.07) is 5.49. The van der Waals surface area contributed by atoms with Crippen molar-refractivity contribution in [1.29, 1.82) is 0 Å². The van der Waals surface area contributed by atoms with Crippen LogP contribution in [0, 0.1) is 6.92 Å². The van der Waals surface area contributed by atoms with Gasteiger partial charge in [0, 0.05) is 19.0 Å². The summed E-state index contributed by atoms with van der Waals surface area (Å²) in [5, 5.41) is 11.5. The van der Waals surface area contributed by atoms with E-state index < -0.39 is 6.10 Å². The van der Waals surface area contributed by atoms with Gasteiger partial charge in [-0.2, -0.15) is 0 Å². The quantitative estimate of drug-likeness (QED) is 0.835. The summed E-state index contributed by atoms with van der Waals surface area (Å²) >= 11 is 6.10. The SMILES string of the molecule is Cc1ccc(Cl)c(O[C@H](C)C(=O)NCCn2cnnc2C2CC2)c1. The van der Waals surface area contributed by atoms with Crippen LogP contribution in [0.1, 0.15) is 37.1 Å². The number of rotatable bonds is 7. The van der Waals surface area contributed by atoms with Crippen LogP contribution in [-0.2, 0) is 11.3 Å². The Labute approximate surface area is 146 Å². The number of benzene rings is 1. The van der Waals surface area contributed by atoms with Gasteiger partial charge in [-0.25, -0.2) is 0 Å². The molecule has 2 aromatic rings. The largest absolute Gasteiger partial charge is 0.479 e. The summed E-state index contributed by atoms with van der Waals surface area (Å²) in [5.74, 6) is 1.90. The van der Waals surface area contributed by atoms with Gasteiger partial charge in [0.2, 0.25) is 0 Å². The lowest BCUT2D eigenvalue weighted by Gasteiger charge is -2.16. The number of amides is 1. The molecule has 0 spiro atoms. The normalized spacial score (nSPS) is 15.1. The van der Waals surface area contributed by atoms with Crippen LogP contribution < -0.4 is 10.1 Å². The molecule has 1 atom stereocenters. The van der Waals surface area contributed by atoms with E-state index in [4.69, 9.17) is 16.3 Å². The Balaban J connectivity index is 1.49. The first-order chi connectivity index (χ1) is 11.5.